The molecule has 1 aliphatic carbocycles. The molecule has 15 heavy (non-hydrogen) atoms. The maximum absolute atomic E-state index is 12.8. The van der Waals surface area contributed by atoms with E-state index < -0.39 is 0 Å². The molecular weight excluding hydrogens is 193 g/mol. The molecule has 0 radical (unpaired) electrons. The van der Waals surface area contributed by atoms with Crippen LogP contribution in [-0.4, -0.2) is 12.5 Å². The second kappa shape index (κ2) is 2.81. The van der Waals surface area contributed by atoms with Gasteiger partial charge in [0.25, 0.3) is 0 Å². The Morgan fingerprint density at radius 3 is 2.47 bits per heavy atom. The van der Waals surface area contributed by atoms with Crippen molar-refractivity contribution in [3.8, 4) is 0 Å². The molecular formula is C12H12FNO. The second-order valence-corrected chi connectivity index (χ2v) is 4.61. The number of carbonyl (C=O) groups excluding carboxylic acids is 1. The van der Waals surface area contributed by atoms with Crippen molar-refractivity contribution in [3.63, 3.8) is 0 Å². The molecule has 2 aliphatic heterocycles. The van der Waals surface area contributed by atoms with Crippen LogP contribution in [0.4, 0.5) is 4.39 Å². The molecule has 0 aromatic heterocycles. The van der Waals surface area contributed by atoms with Crippen LogP contribution < -0.4 is 5.32 Å². The number of benzene rings is 1. The smallest absolute Gasteiger partial charge is 0.223 e. The monoisotopic (exact) mass is 205 g/mol. The predicted molar refractivity (Wildman–Crippen MR) is 53.8 cm³/mol. The Bertz CT molecular complexity index is 401. The maximum atomic E-state index is 12.8. The highest BCUT2D eigenvalue weighted by Crippen LogP contribution is 2.49. The fourth-order valence-corrected chi connectivity index (χ4v) is 2.76. The standard InChI is InChI=1S/C12H12FNO/c13-10-3-1-9(2-4-10)12-5-8(6-12)11(15)14-7-12/h1-4,8H,5-7H2,(H,14,15). The molecule has 1 aromatic carbocycles. The molecule has 3 heteroatoms. The van der Waals surface area contributed by atoms with Crippen LogP contribution in [0.1, 0.15) is 18.4 Å². The second-order valence-electron chi connectivity index (χ2n) is 4.61. The van der Waals surface area contributed by atoms with Crippen LogP contribution in [-0.2, 0) is 10.2 Å². The average molecular weight is 205 g/mol. The van der Waals surface area contributed by atoms with Crippen LogP contribution in [0, 0.1) is 11.7 Å². The van der Waals surface area contributed by atoms with E-state index in [1.165, 1.54) is 12.1 Å². The molecule has 1 N–H and O–H groups in total. The molecule has 0 atom stereocenters. The van der Waals surface area contributed by atoms with E-state index in [2.05, 4.69) is 5.32 Å². The zero-order chi connectivity index (χ0) is 10.5. The molecule has 1 aromatic rings. The average Bonchev–Trinajstić information content (AvgIpc) is 2.18. The van der Waals surface area contributed by atoms with Crippen LogP contribution in [0.3, 0.4) is 0 Å². The van der Waals surface area contributed by atoms with Crippen LogP contribution in [0.5, 0.6) is 0 Å². The Morgan fingerprint density at radius 1 is 1.27 bits per heavy atom. The molecule has 2 nitrogen and oxygen atoms in total. The minimum Gasteiger partial charge on any atom is -0.355 e. The molecule has 2 heterocycles. The van der Waals surface area contributed by atoms with Crippen molar-refractivity contribution in [1.82, 2.24) is 5.32 Å². The van der Waals surface area contributed by atoms with E-state index in [-0.39, 0.29) is 23.1 Å². The normalized spacial score (nSPS) is 33.1. The first-order chi connectivity index (χ1) is 7.20. The van der Waals surface area contributed by atoms with Gasteiger partial charge in [0.2, 0.25) is 5.91 Å². The number of rotatable bonds is 1. The van der Waals surface area contributed by atoms with Gasteiger partial charge in [0.1, 0.15) is 5.82 Å². The van der Waals surface area contributed by atoms with E-state index in [0.29, 0.717) is 6.54 Å². The van der Waals surface area contributed by atoms with Crippen LogP contribution in [0.2, 0.25) is 0 Å². The zero-order valence-electron chi connectivity index (χ0n) is 8.29. The Balaban J connectivity index is 1.90. The lowest BCUT2D eigenvalue weighted by Gasteiger charge is -2.52. The lowest BCUT2D eigenvalue weighted by atomic mass is 9.56. The summed E-state index contributed by atoms with van der Waals surface area (Å²) in [6.07, 6.45) is 1.84. The number of carbonyl (C=O) groups is 1. The topological polar surface area (TPSA) is 29.1 Å². The lowest BCUT2D eigenvalue weighted by Crippen LogP contribution is -2.60. The van der Waals surface area contributed by atoms with Crippen LogP contribution in [0.25, 0.3) is 0 Å². The summed E-state index contributed by atoms with van der Waals surface area (Å²) in [6.45, 7) is 0.702. The van der Waals surface area contributed by atoms with E-state index in [1.807, 2.05) is 12.1 Å². The molecule has 0 spiro atoms. The fourth-order valence-electron chi connectivity index (χ4n) is 2.76. The van der Waals surface area contributed by atoms with E-state index >= 15 is 0 Å². The first kappa shape index (κ1) is 8.89. The van der Waals surface area contributed by atoms with E-state index in [4.69, 9.17) is 0 Å². The van der Waals surface area contributed by atoms with Crippen molar-refractivity contribution in [2.75, 3.05) is 6.54 Å². The molecule has 2 bridgehead atoms. The number of hydrogen-bond donors (Lipinski definition) is 1. The number of piperidine rings is 2. The number of fused-ring (bicyclic) bond motifs is 2. The maximum Gasteiger partial charge on any atom is 0.223 e. The first-order valence-corrected chi connectivity index (χ1v) is 5.23. The Labute approximate surface area is 87.5 Å². The summed E-state index contributed by atoms with van der Waals surface area (Å²) in [5.74, 6) is 0.161. The van der Waals surface area contributed by atoms with Crippen molar-refractivity contribution in [1.29, 1.82) is 0 Å². The van der Waals surface area contributed by atoms with Crippen molar-refractivity contribution < 1.29 is 9.18 Å². The van der Waals surface area contributed by atoms with E-state index in [9.17, 15) is 9.18 Å². The van der Waals surface area contributed by atoms with E-state index in [0.717, 1.165) is 18.4 Å². The SMILES string of the molecule is O=C1NCC2(c3ccc(F)cc3)CC1C2. The van der Waals surface area contributed by atoms with Gasteiger partial charge < -0.3 is 5.32 Å². The molecule has 4 rings (SSSR count). The van der Waals surface area contributed by atoms with Crippen LogP contribution in [0.15, 0.2) is 24.3 Å². The molecule has 78 valence electrons. The minimum atomic E-state index is -0.203. The Kier molecular flexibility index (Phi) is 1.67. The largest absolute Gasteiger partial charge is 0.355 e. The van der Waals surface area contributed by atoms with Gasteiger partial charge in [-0.1, -0.05) is 12.1 Å². The van der Waals surface area contributed by atoms with Gasteiger partial charge in [-0.15, -0.1) is 0 Å². The van der Waals surface area contributed by atoms with Crippen LogP contribution >= 0.6 is 0 Å². The molecule has 3 aliphatic rings. The summed E-state index contributed by atoms with van der Waals surface area (Å²) in [5, 5.41) is 2.90. The lowest BCUT2D eigenvalue weighted by molar-refractivity contribution is -0.135. The Hall–Kier alpha value is -1.38. The Morgan fingerprint density at radius 2 is 1.93 bits per heavy atom. The third kappa shape index (κ3) is 1.19. The van der Waals surface area contributed by atoms with Gasteiger partial charge in [-0.05, 0) is 30.5 Å². The van der Waals surface area contributed by atoms with Crippen molar-refractivity contribution in [2.45, 2.75) is 18.3 Å². The molecule has 1 saturated carbocycles. The number of amides is 1. The van der Waals surface area contributed by atoms with Crippen molar-refractivity contribution in [2.24, 2.45) is 5.92 Å². The summed E-state index contributed by atoms with van der Waals surface area (Å²) < 4.78 is 12.8. The van der Waals surface area contributed by atoms with Gasteiger partial charge in [0, 0.05) is 17.9 Å². The molecule has 0 unspecified atom stereocenters. The van der Waals surface area contributed by atoms with Gasteiger partial charge in [0.15, 0.2) is 0 Å². The van der Waals surface area contributed by atoms with Crippen molar-refractivity contribution >= 4 is 5.91 Å². The molecule has 2 saturated heterocycles. The summed E-state index contributed by atoms with van der Waals surface area (Å²) in [7, 11) is 0. The van der Waals surface area contributed by atoms with Gasteiger partial charge in [-0.2, -0.15) is 0 Å². The minimum absolute atomic E-state index is 0.0896. The van der Waals surface area contributed by atoms with E-state index in [1.54, 1.807) is 0 Å². The van der Waals surface area contributed by atoms with Gasteiger partial charge >= 0.3 is 0 Å². The summed E-state index contributed by atoms with van der Waals surface area (Å²) in [6, 6.07) is 6.66. The fraction of sp³-hybridized carbons (Fsp3) is 0.417. The highest BCUT2D eigenvalue weighted by Gasteiger charge is 2.52. The number of hydrogen-bond acceptors (Lipinski definition) is 1. The summed E-state index contributed by atoms with van der Waals surface area (Å²) >= 11 is 0. The summed E-state index contributed by atoms with van der Waals surface area (Å²) in [4.78, 5) is 11.3. The highest BCUT2D eigenvalue weighted by molar-refractivity contribution is 5.82. The quantitative estimate of drug-likeness (QED) is 0.741. The number of halogens is 1. The highest BCUT2D eigenvalue weighted by atomic mass is 19.1. The molecule has 3 fully saturated rings. The number of nitrogens with one attached hydrogen (secondary N) is 1. The first-order valence-electron chi connectivity index (χ1n) is 5.23. The summed E-state index contributed by atoms with van der Waals surface area (Å²) in [5.41, 5.74) is 1.24. The zero-order valence-corrected chi connectivity index (χ0v) is 8.29. The van der Waals surface area contributed by atoms with Gasteiger partial charge in [-0.3, -0.25) is 4.79 Å². The predicted octanol–water partition coefficient (Wildman–Crippen LogP) is 1.60. The van der Waals surface area contributed by atoms with Crippen molar-refractivity contribution in [3.05, 3.63) is 35.6 Å². The third-order valence-corrected chi connectivity index (χ3v) is 3.70. The van der Waals surface area contributed by atoms with Gasteiger partial charge in [-0.25, -0.2) is 4.39 Å². The van der Waals surface area contributed by atoms with Gasteiger partial charge in [0.05, 0.1) is 0 Å². The molecule has 1 amide bonds. The third-order valence-electron chi connectivity index (χ3n) is 3.70.